The van der Waals surface area contributed by atoms with Gasteiger partial charge in [-0.1, -0.05) is 43.6 Å². The zero-order valence-corrected chi connectivity index (χ0v) is 14.2. The van der Waals surface area contributed by atoms with E-state index in [1.165, 1.54) is 12.1 Å². The van der Waals surface area contributed by atoms with Gasteiger partial charge in [-0.15, -0.1) is 0 Å². The van der Waals surface area contributed by atoms with Crippen LogP contribution >= 0.6 is 11.6 Å². The van der Waals surface area contributed by atoms with Gasteiger partial charge in [0.25, 0.3) is 0 Å². The summed E-state index contributed by atoms with van der Waals surface area (Å²) < 4.78 is 13.1. The maximum Gasteiger partial charge on any atom is 0.233 e. The average Bonchev–Trinajstić information content (AvgIpc) is 2.51. The first-order valence-electron chi connectivity index (χ1n) is 7.50. The first kappa shape index (κ1) is 17.9. The van der Waals surface area contributed by atoms with E-state index in [-0.39, 0.29) is 17.4 Å². The first-order chi connectivity index (χ1) is 11.4. The van der Waals surface area contributed by atoms with Crippen molar-refractivity contribution in [3.05, 3.63) is 58.9 Å². The quantitative estimate of drug-likeness (QED) is 0.777. The van der Waals surface area contributed by atoms with E-state index in [1.54, 1.807) is 6.07 Å². The molecule has 0 aromatic heterocycles. The Morgan fingerprint density at radius 3 is 2.42 bits per heavy atom. The van der Waals surface area contributed by atoms with Gasteiger partial charge in [-0.05, 0) is 35.7 Å². The smallest absolute Gasteiger partial charge is 0.233 e. The fourth-order valence-corrected chi connectivity index (χ4v) is 2.41. The van der Waals surface area contributed by atoms with E-state index in [9.17, 15) is 14.0 Å². The highest BCUT2D eigenvalue weighted by Gasteiger charge is 2.13. The molecule has 0 saturated heterocycles. The van der Waals surface area contributed by atoms with E-state index in [4.69, 9.17) is 11.6 Å². The third-order valence-corrected chi connectivity index (χ3v) is 3.67. The van der Waals surface area contributed by atoms with E-state index in [0.29, 0.717) is 11.4 Å². The second-order valence-corrected chi connectivity index (χ2v) is 6.05. The van der Waals surface area contributed by atoms with Gasteiger partial charge in [0, 0.05) is 11.4 Å². The molecule has 0 aliphatic rings. The zero-order valence-electron chi connectivity index (χ0n) is 13.4. The van der Waals surface area contributed by atoms with Gasteiger partial charge >= 0.3 is 0 Å². The summed E-state index contributed by atoms with van der Waals surface area (Å²) in [6, 6.07) is 11.3. The summed E-state index contributed by atoms with van der Waals surface area (Å²) in [5.41, 5.74) is 2.02. The average molecular weight is 349 g/mol. The van der Waals surface area contributed by atoms with Crippen LogP contribution in [0.1, 0.15) is 31.7 Å². The third kappa shape index (κ3) is 4.80. The Labute approximate surface area is 145 Å². The summed E-state index contributed by atoms with van der Waals surface area (Å²) >= 11 is 5.65. The lowest BCUT2D eigenvalue weighted by Gasteiger charge is -2.13. The van der Waals surface area contributed by atoms with Crippen LogP contribution in [0.2, 0.25) is 5.02 Å². The molecule has 0 heterocycles. The molecule has 0 aliphatic heterocycles. The molecule has 126 valence electrons. The van der Waals surface area contributed by atoms with Crippen LogP contribution in [0.4, 0.5) is 15.8 Å². The van der Waals surface area contributed by atoms with Gasteiger partial charge < -0.3 is 10.6 Å². The Hall–Kier alpha value is -2.40. The molecule has 2 aromatic rings. The van der Waals surface area contributed by atoms with Crippen LogP contribution in [0, 0.1) is 5.82 Å². The number of halogens is 2. The Balaban J connectivity index is 1.97. The van der Waals surface area contributed by atoms with Crippen LogP contribution in [-0.4, -0.2) is 11.8 Å². The normalized spacial score (nSPS) is 10.5. The molecule has 4 nitrogen and oxygen atoms in total. The standard InChI is InChI=1S/C18H18ClFN2O2/c1-11(2)13-5-3-4-6-16(13)22-18(24)10-17(23)21-12-7-8-15(20)14(19)9-12/h3-9,11H,10H2,1-2H3,(H,21,23)(H,22,24). The number of para-hydroxylation sites is 1. The minimum absolute atomic E-state index is 0.0943. The number of anilines is 2. The minimum atomic E-state index is -0.572. The van der Waals surface area contributed by atoms with Crippen LogP contribution in [-0.2, 0) is 9.59 Å². The van der Waals surface area contributed by atoms with Gasteiger partial charge in [0.05, 0.1) is 5.02 Å². The van der Waals surface area contributed by atoms with Crippen molar-refractivity contribution in [3.8, 4) is 0 Å². The van der Waals surface area contributed by atoms with Crippen molar-refractivity contribution in [2.24, 2.45) is 0 Å². The van der Waals surface area contributed by atoms with Gasteiger partial charge in [-0.25, -0.2) is 4.39 Å². The van der Waals surface area contributed by atoms with Crippen molar-refractivity contribution in [2.75, 3.05) is 10.6 Å². The monoisotopic (exact) mass is 348 g/mol. The maximum absolute atomic E-state index is 13.1. The summed E-state index contributed by atoms with van der Waals surface area (Å²) in [5, 5.41) is 5.16. The highest BCUT2D eigenvalue weighted by molar-refractivity contribution is 6.31. The number of carbonyl (C=O) groups excluding carboxylic acids is 2. The molecule has 24 heavy (non-hydrogen) atoms. The summed E-state index contributed by atoms with van der Waals surface area (Å²) in [6.45, 7) is 4.05. The van der Waals surface area contributed by atoms with E-state index in [0.717, 1.165) is 11.6 Å². The zero-order chi connectivity index (χ0) is 17.7. The van der Waals surface area contributed by atoms with Crippen LogP contribution in [0.25, 0.3) is 0 Å². The van der Waals surface area contributed by atoms with Crippen molar-refractivity contribution < 1.29 is 14.0 Å². The molecular weight excluding hydrogens is 331 g/mol. The predicted molar refractivity (Wildman–Crippen MR) is 93.8 cm³/mol. The van der Waals surface area contributed by atoms with Crippen molar-refractivity contribution in [2.45, 2.75) is 26.2 Å². The number of carbonyl (C=O) groups is 2. The molecule has 0 atom stereocenters. The van der Waals surface area contributed by atoms with Crippen LogP contribution in [0.3, 0.4) is 0 Å². The molecule has 2 amide bonds. The lowest BCUT2D eigenvalue weighted by atomic mass is 10.0. The Bertz CT molecular complexity index is 762. The number of benzene rings is 2. The SMILES string of the molecule is CC(C)c1ccccc1NC(=O)CC(=O)Nc1ccc(F)c(Cl)c1. The highest BCUT2D eigenvalue weighted by atomic mass is 35.5. The lowest BCUT2D eigenvalue weighted by Crippen LogP contribution is -2.22. The minimum Gasteiger partial charge on any atom is -0.326 e. The Morgan fingerprint density at radius 2 is 1.75 bits per heavy atom. The molecule has 0 spiro atoms. The third-order valence-electron chi connectivity index (χ3n) is 3.38. The molecule has 0 unspecified atom stereocenters. The largest absolute Gasteiger partial charge is 0.326 e. The van der Waals surface area contributed by atoms with E-state index in [2.05, 4.69) is 10.6 Å². The van der Waals surface area contributed by atoms with E-state index in [1.807, 2.05) is 32.0 Å². The summed E-state index contributed by atoms with van der Waals surface area (Å²) in [6.07, 6.45) is -0.346. The highest BCUT2D eigenvalue weighted by Crippen LogP contribution is 2.24. The number of hydrogen-bond acceptors (Lipinski definition) is 2. The molecule has 0 saturated carbocycles. The molecule has 2 N–H and O–H groups in total. The Kier molecular flexibility index (Phi) is 5.93. The molecule has 0 fully saturated rings. The molecule has 2 rings (SSSR count). The van der Waals surface area contributed by atoms with Crippen LogP contribution < -0.4 is 10.6 Å². The summed E-state index contributed by atoms with van der Waals surface area (Å²) in [5.74, 6) is -1.25. The van der Waals surface area contributed by atoms with Gasteiger partial charge in [-0.2, -0.15) is 0 Å². The number of amides is 2. The van der Waals surface area contributed by atoms with Crippen molar-refractivity contribution in [1.29, 1.82) is 0 Å². The fourth-order valence-electron chi connectivity index (χ4n) is 2.23. The summed E-state index contributed by atoms with van der Waals surface area (Å²) in [7, 11) is 0. The van der Waals surface area contributed by atoms with Gasteiger partial charge in [-0.3, -0.25) is 9.59 Å². The van der Waals surface area contributed by atoms with Gasteiger partial charge in [0.1, 0.15) is 12.2 Å². The molecule has 2 aromatic carbocycles. The van der Waals surface area contributed by atoms with E-state index >= 15 is 0 Å². The predicted octanol–water partition coefficient (Wildman–Crippen LogP) is 4.57. The van der Waals surface area contributed by atoms with Crippen LogP contribution in [0.5, 0.6) is 0 Å². The Morgan fingerprint density at radius 1 is 1.08 bits per heavy atom. The van der Waals surface area contributed by atoms with Gasteiger partial charge in [0.2, 0.25) is 11.8 Å². The maximum atomic E-state index is 13.1. The van der Waals surface area contributed by atoms with Crippen molar-refractivity contribution >= 4 is 34.8 Å². The molecule has 0 bridgehead atoms. The topological polar surface area (TPSA) is 58.2 Å². The second kappa shape index (κ2) is 7.93. The number of rotatable bonds is 5. The molecular formula is C18H18ClFN2O2. The molecule has 0 aliphatic carbocycles. The molecule has 0 radical (unpaired) electrons. The second-order valence-electron chi connectivity index (χ2n) is 5.64. The first-order valence-corrected chi connectivity index (χ1v) is 7.88. The fraction of sp³-hybridized carbons (Fsp3) is 0.222. The summed E-state index contributed by atoms with van der Waals surface area (Å²) in [4.78, 5) is 24.0. The lowest BCUT2D eigenvalue weighted by molar-refractivity contribution is -0.123. The number of hydrogen-bond donors (Lipinski definition) is 2. The van der Waals surface area contributed by atoms with Gasteiger partial charge in [0.15, 0.2) is 0 Å². The van der Waals surface area contributed by atoms with Crippen molar-refractivity contribution in [3.63, 3.8) is 0 Å². The molecule has 6 heteroatoms. The number of nitrogens with one attached hydrogen (secondary N) is 2. The van der Waals surface area contributed by atoms with Crippen LogP contribution in [0.15, 0.2) is 42.5 Å². The van der Waals surface area contributed by atoms with Crippen molar-refractivity contribution in [1.82, 2.24) is 0 Å². The van der Waals surface area contributed by atoms with E-state index < -0.39 is 17.6 Å².